The van der Waals surface area contributed by atoms with E-state index >= 15 is 0 Å². The molecule has 6 nitrogen and oxygen atoms in total. The molecule has 0 aromatic heterocycles. The van der Waals surface area contributed by atoms with Gasteiger partial charge in [-0.1, -0.05) is 84.9 Å². The van der Waals surface area contributed by atoms with E-state index in [1.54, 1.807) is 42.5 Å². The molecule has 0 aliphatic rings. The quantitative estimate of drug-likeness (QED) is 0.200. The summed E-state index contributed by atoms with van der Waals surface area (Å²) >= 11 is 4.12. The van der Waals surface area contributed by atoms with Crippen LogP contribution in [-0.2, 0) is 16.0 Å². The van der Waals surface area contributed by atoms with E-state index in [1.165, 1.54) is 0 Å². The SMILES string of the molecule is [NH3+][C@@H](CS)C(=O)Nc1ccc(NC(=O)Cc2ccc(-c3ccccc3)cc2)c(C(=O)c2ccccc2)c1. The number of anilines is 2. The molecule has 37 heavy (non-hydrogen) atoms. The highest BCUT2D eigenvalue weighted by Crippen LogP contribution is 2.25. The minimum absolute atomic E-state index is 0.150. The van der Waals surface area contributed by atoms with E-state index in [2.05, 4.69) is 29.0 Å². The smallest absolute Gasteiger partial charge is 0.283 e. The van der Waals surface area contributed by atoms with Gasteiger partial charge in [0.15, 0.2) is 11.8 Å². The molecule has 2 amide bonds. The van der Waals surface area contributed by atoms with Crippen molar-refractivity contribution in [3.05, 3.63) is 120 Å². The molecule has 0 aliphatic heterocycles. The van der Waals surface area contributed by atoms with Crippen LogP contribution in [0.5, 0.6) is 0 Å². The lowest BCUT2D eigenvalue weighted by atomic mass is 10.00. The van der Waals surface area contributed by atoms with E-state index in [0.717, 1.165) is 16.7 Å². The number of carbonyl (C=O) groups is 3. The van der Waals surface area contributed by atoms with Gasteiger partial charge in [-0.3, -0.25) is 14.4 Å². The highest BCUT2D eigenvalue weighted by molar-refractivity contribution is 7.80. The zero-order chi connectivity index (χ0) is 26.2. The van der Waals surface area contributed by atoms with E-state index in [1.807, 2.05) is 60.7 Å². The van der Waals surface area contributed by atoms with Gasteiger partial charge < -0.3 is 16.4 Å². The van der Waals surface area contributed by atoms with Crippen molar-refractivity contribution in [1.82, 2.24) is 0 Å². The second-order valence-electron chi connectivity index (χ2n) is 8.61. The third kappa shape index (κ3) is 6.73. The molecular formula is C30H28N3O3S+. The number of nitrogens with one attached hydrogen (secondary N) is 2. The number of hydrogen-bond donors (Lipinski definition) is 4. The van der Waals surface area contributed by atoms with Gasteiger partial charge in [-0.05, 0) is 34.9 Å². The number of carbonyl (C=O) groups excluding carboxylic acids is 3. The highest BCUT2D eigenvalue weighted by atomic mass is 32.1. The van der Waals surface area contributed by atoms with Crippen LogP contribution in [0.1, 0.15) is 21.5 Å². The molecule has 0 unspecified atom stereocenters. The van der Waals surface area contributed by atoms with Gasteiger partial charge in [0.2, 0.25) is 5.91 Å². The molecule has 0 fully saturated rings. The molecule has 5 N–H and O–H groups in total. The Hall–Kier alpha value is -4.20. The zero-order valence-electron chi connectivity index (χ0n) is 20.2. The largest absolute Gasteiger partial charge is 0.347 e. The van der Waals surface area contributed by atoms with Gasteiger partial charge in [0, 0.05) is 16.8 Å². The van der Waals surface area contributed by atoms with Crippen LogP contribution >= 0.6 is 12.6 Å². The molecule has 0 saturated carbocycles. The maximum Gasteiger partial charge on any atom is 0.283 e. The molecular weight excluding hydrogens is 482 g/mol. The van der Waals surface area contributed by atoms with Crippen LogP contribution in [0.3, 0.4) is 0 Å². The van der Waals surface area contributed by atoms with E-state index in [-0.39, 0.29) is 29.6 Å². The Morgan fingerprint density at radius 3 is 2.03 bits per heavy atom. The fourth-order valence-corrected chi connectivity index (χ4v) is 3.98. The normalized spacial score (nSPS) is 11.4. The summed E-state index contributed by atoms with van der Waals surface area (Å²) in [5.41, 5.74) is 8.36. The summed E-state index contributed by atoms with van der Waals surface area (Å²) in [6, 6.07) is 30.9. The van der Waals surface area contributed by atoms with Crippen molar-refractivity contribution in [1.29, 1.82) is 0 Å². The number of thiol groups is 1. The Morgan fingerprint density at radius 1 is 0.757 bits per heavy atom. The number of ketones is 1. The summed E-state index contributed by atoms with van der Waals surface area (Å²) in [7, 11) is 0. The second-order valence-corrected chi connectivity index (χ2v) is 8.98. The fraction of sp³-hybridized carbons (Fsp3) is 0.100. The van der Waals surface area contributed by atoms with Crippen molar-refractivity contribution in [2.45, 2.75) is 12.5 Å². The summed E-state index contributed by atoms with van der Waals surface area (Å²) in [6.45, 7) is 0. The van der Waals surface area contributed by atoms with Gasteiger partial charge in [-0.15, -0.1) is 0 Å². The standard InChI is InChI=1S/C30H27N3O3S/c31-26(19-37)30(36)32-24-15-16-27(25(18-24)29(35)23-9-5-2-6-10-23)33-28(34)17-20-11-13-22(14-12-20)21-7-3-1-4-8-21/h1-16,18,26,37H,17,19,31H2,(H,32,36)(H,33,34)/p+1/t26-/m0/s1. The van der Waals surface area contributed by atoms with Gasteiger partial charge in [0.05, 0.1) is 17.9 Å². The molecule has 4 aromatic rings. The molecule has 0 bridgehead atoms. The molecule has 186 valence electrons. The van der Waals surface area contributed by atoms with Gasteiger partial charge in [-0.2, -0.15) is 12.6 Å². The van der Waals surface area contributed by atoms with Crippen LogP contribution in [0.2, 0.25) is 0 Å². The predicted octanol–water partition coefficient (Wildman–Crippen LogP) is 4.24. The Morgan fingerprint density at radius 2 is 1.38 bits per heavy atom. The van der Waals surface area contributed by atoms with E-state index in [0.29, 0.717) is 22.7 Å². The first-order chi connectivity index (χ1) is 17.9. The third-order valence-corrected chi connectivity index (χ3v) is 6.30. The van der Waals surface area contributed by atoms with E-state index in [4.69, 9.17) is 0 Å². The number of rotatable bonds is 9. The fourth-order valence-electron chi connectivity index (χ4n) is 3.82. The van der Waals surface area contributed by atoms with Crippen LogP contribution < -0.4 is 16.4 Å². The van der Waals surface area contributed by atoms with Crippen molar-refractivity contribution in [3.63, 3.8) is 0 Å². The van der Waals surface area contributed by atoms with Crippen LogP contribution in [0.15, 0.2) is 103 Å². The second kappa shape index (κ2) is 12.2. The zero-order valence-corrected chi connectivity index (χ0v) is 21.1. The average Bonchev–Trinajstić information content (AvgIpc) is 2.94. The first-order valence-corrected chi connectivity index (χ1v) is 12.5. The van der Waals surface area contributed by atoms with Gasteiger partial charge in [0.25, 0.3) is 5.91 Å². The number of amides is 2. The lowest BCUT2D eigenvalue weighted by molar-refractivity contribution is -0.395. The topological polar surface area (TPSA) is 103 Å². The maximum absolute atomic E-state index is 13.3. The lowest BCUT2D eigenvalue weighted by Crippen LogP contribution is -2.67. The Bertz CT molecular complexity index is 1390. The van der Waals surface area contributed by atoms with Crippen molar-refractivity contribution in [2.24, 2.45) is 0 Å². The summed E-state index contributed by atoms with van der Waals surface area (Å²) in [5, 5.41) is 5.64. The Balaban J connectivity index is 1.54. The molecule has 4 aromatic carbocycles. The molecule has 0 radical (unpaired) electrons. The monoisotopic (exact) mass is 510 g/mol. The molecule has 4 rings (SSSR count). The minimum atomic E-state index is -0.538. The van der Waals surface area contributed by atoms with Gasteiger partial charge in [0.1, 0.15) is 0 Å². The summed E-state index contributed by atoms with van der Waals surface area (Å²) in [4.78, 5) is 38.5. The van der Waals surface area contributed by atoms with Crippen LogP contribution in [-0.4, -0.2) is 29.4 Å². The predicted molar refractivity (Wildman–Crippen MR) is 150 cm³/mol. The number of quaternary nitrogens is 1. The highest BCUT2D eigenvalue weighted by Gasteiger charge is 2.19. The van der Waals surface area contributed by atoms with E-state index < -0.39 is 6.04 Å². The molecule has 7 heteroatoms. The summed E-state index contributed by atoms with van der Waals surface area (Å²) in [5.74, 6) is -0.523. The molecule has 0 spiro atoms. The molecule has 1 atom stereocenters. The van der Waals surface area contributed by atoms with E-state index in [9.17, 15) is 14.4 Å². The van der Waals surface area contributed by atoms with Crippen molar-refractivity contribution in [3.8, 4) is 11.1 Å². The van der Waals surface area contributed by atoms with Crippen LogP contribution in [0, 0.1) is 0 Å². The number of hydrogen-bond acceptors (Lipinski definition) is 4. The first-order valence-electron chi connectivity index (χ1n) is 11.9. The lowest BCUT2D eigenvalue weighted by Gasteiger charge is -2.14. The minimum Gasteiger partial charge on any atom is -0.347 e. The van der Waals surface area contributed by atoms with Gasteiger partial charge in [-0.25, -0.2) is 0 Å². The van der Waals surface area contributed by atoms with Crippen LogP contribution in [0.4, 0.5) is 11.4 Å². The molecule has 0 aliphatic carbocycles. The average molecular weight is 511 g/mol. The Labute approximate surface area is 221 Å². The van der Waals surface area contributed by atoms with Crippen molar-refractivity contribution in [2.75, 3.05) is 16.4 Å². The first kappa shape index (κ1) is 25.9. The molecule has 0 saturated heterocycles. The number of benzene rings is 4. The summed E-state index contributed by atoms with van der Waals surface area (Å²) in [6.07, 6.45) is 0.150. The van der Waals surface area contributed by atoms with Crippen molar-refractivity contribution < 1.29 is 20.1 Å². The maximum atomic E-state index is 13.3. The van der Waals surface area contributed by atoms with Gasteiger partial charge >= 0.3 is 0 Å². The van der Waals surface area contributed by atoms with Crippen LogP contribution in [0.25, 0.3) is 11.1 Å². The Kier molecular flexibility index (Phi) is 8.51. The molecule has 0 heterocycles. The third-order valence-electron chi connectivity index (χ3n) is 5.86. The summed E-state index contributed by atoms with van der Waals surface area (Å²) < 4.78 is 0. The van der Waals surface area contributed by atoms with Crippen molar-refractivity contribution >= 4 is 41.6 Å².